The minimum atomic E-state index is -1.66. The van der Waals surface area contributed by atoms with E-state index in [-0.39, 0.29) is 23.7 Å². The van der Waals surface area contributed by atoms with Crippen LogP contribution in [0.1, 0.15) is 34.6 Å². The van der Waals surface area contributed by atoms with Gasteiger partial charge in [-0.2, -0.15) is 0 Å². The van der Waals surface area contributed by atoms with Gasteiger partial charge in [0, 0.05) is 18.6 Å². The largest absolute Gasteiger partial charge is 0.414 e. The summed E-state index contributed by atoms with van der Waals surface area (Å²) in [4.78, 5) is 0. The second-order valence-corrected chi connectivity index (χ2v) is 10.5. The van der Waals surface area contributed by atoms with Crippen LogP contribution in [0.5, 0.6) is 0 Å². The lowest BCUT2D eigenvalue weighted by Gasteiger charge is -2.39. The highest BCUT2D eigenvalue weighted by atomic mass is 28.4. The summed E-state index contributed by atoms with van der Waals surface area (Å²) >= 11 is 0. The van der Waals surface area contributed by atoms with Gasteiger partial charge in [0.25, 0.3) is 0 Å². The van der Waals surface area contributed by atoms with Crippen LogP contribution in [0.2, 0.25) is 18.1 Å². The quantitative estimate of drug-likeness (QED) is 0.735. The molecule has 2 atom stereocenters. The van der Waals surface area contributed by atoms with Crippen molar-refractivity contribution >= 4 is 8.32 Å². The van der Waals surface area contributed by atoms with Crippen LogP contribution in [0, 0.1) is 5.92 Å². The minimum absolute atomic E-state index is 0.154. The maximum Gasteiger partial charge on any atom is 0.192 e. The smallest absolute Gasteiger partial charge is 0.192 e. The van der Waals surface area contributed by atoms with Crippen molar-refractivity contribution < 1.29 is 9.53 Å². The van der Waals surface area contributed by atoms with Gasteiger partial charge < -0.3 is 9.53 Å². The zero-order chi connectivity index (χ0) is 11.6. The van der Waals surface area contributed by atoms with E-state index in [1.54, 1.807) is 0 Å². The fourth-order valence-electron chi connectivity index (χ4n) is 0.906. The van der Waals surface area contributed by atoms with Crippen molar-refractivity contribution in [2.45, 2.75) is 58.9 Å². The third kappa shape index (κ3) is 3.71. The molecule has 0 rings (SSSR count). The number of hydrogen-bond acceptors (Lipinski definition) is 2. The number of aliphatic hydroxyl groups is 1. The van der Waals surface area contributed by atoms with Crippen molar-refractivity contribution in [2.75, 3.05) is 6.61 Å². The van der Waals surface area contributed by atoms with Gasteiger partial charge in [-0.1, -0.05) is 27.7 Å². The van der Waals surface area contributed by atoms with Crippen molar-refractivity contribution in [3.8, 4) is 0 Å². The Morgan fingerprint density at radius 2 is 1.64 bits per heavy atom. The molecule has 0 saturated carbocycles. The van der Waals surface area contributed by atoms with Crippen molar-refractivity contribution in [3.05, 3.63) is 0 Å². The molecular weight excluding hydrogens is 192 g/mol. The van der Waals surface area contributed by atoms with Crippen LogP contribution in [-0.2, 0) is 4.43 Å². The summed E-state index contributed by atoms with van der Waals surface area (Å²) in [6.07, 6.45) is 0.154. The molecule has 1 N–H and O–H groups in total. The third-order valence-corrected chi connectivity index (χ3v) is 7.95. The molecule has 0 aliphatic carbocycles. The van der Waals surface area contributed by atoms with Gasteiger partial charge in [-0.25, -0.2) is 0 Å². The zero-order valence-electron chi connectivity index (χ0n) is 10.7. The van der Waals surface area contributed by atoms with Gasteiger partial charge in [0.1, 0.15) is 0 Å². The average Bonchev–Trinajstić information content (AvgIpc) is 2.00. The highest BCUT2D eigenvalue weighted by molar-refractivity contribution is 6.74. The van der Waals surface area contributed by atoms with E-state index >= 15 is 0 Å². The first kappa shape index (κ1) is 14.1. The molecule has 1 unspecified atom stereocenters. The van der Waals surface area contributed by atoms with Crippen LogP contribution >= 0.6 is 0 Å². The predicted octanol–water partition coefficient (Wildman–Crippen LogP) is 3.03. The standard InChI is InChI=1S/C11H26O2Si/c1-9(8-12)10(2)13-14(6,7)11(3,4)5/h9-10,12H,8H2,1-7H3/t9?,10-/m0/s1. The van der Waals surface area contributed by atoms with E-state index in [1.165, 1.54) is 0 Å². The lowest BCUT2D eigenvalue weighted by Crippen LogP contribution is -2.45. The Balaban J connectivity index is 4.36. The summed E-state index contributed by atoms with van der Waals surface area (Å²) < 4.78 is 6.13. The molecule has 2 nitrogen and oxygen atoms in total. The molecule has 0 aromatic carbocycles. The Hall–Kier alpha value is 0.137. The second-order valence-electron chi connectivity index (χ2n) is 5.74. The Labute approximate surface area is 89.8 Å². The Kier molecular flexibility index (Phi) is 4.82. The van der Waals surface area contributed by atoms with E-state index in [4.69, 9.17) is 9.53 Å². The van der Waals surface area contributed by atoms with E-state index in [0.717, 1.165) is 0 Å². The molecule has 0 heterocycles. The fraction of sp³-hybridized carbons (Fsp3) is 1.00. The summed E-state index contributed by atoms with van der Waals surface area (Å²) in [6, 6.07) is 0. The molecule has 0 radical (unpaired) electrons. The predicted molar refractivity (Wildman–Crippen MR) is 64.0 cm³/mol. The van der Waals surface area contributed by atoms with Gasteiger partial charge in [0.15, 0.2) is 8.32 Å². The number of hydrogen-bond donors (Lipinski definition) is 1. The van der Waals surface area contributed by atoms with Crippen molar-refractivity contribution in [3.63, 3.8) is 0 Å². The third-order valence-electron chi connectivity index (χ3n) is 3.38. The van der Waals surface area contributed by atoms with Crippen LogP contribution in [0.25, 0.3) is 0 Å². The normalized spacial score (nSPS) is 18.0. The maximum atomic E-state index is 9.04. The van der Waals surface area contributed by atoms with E-state index < -0.39 is 8.32 Å². The molecule has 0 saturated heterocycles. The van der Waals surface area contributed by atoms with Crippen molar-refractivity contribution in [2.24, 2.45) is 5.92 Å². The first-order valence-corrected chi connectivity index (χ1v) is 8.31. The number of aliphatic hydroxyl groups excluding tert-OH is 1. The lowest BCUT2D eigenvalue weighted by atomic mass is 10.1. The van der Waals surface area contributed by atoms with Gasteiger partial charge in [0.2, 0.25) is 0 Å². The Morgan fingerprint density at radius 1 is 1.21 bits per heavy atom. The summed E-state index contributed by atoms with van der Waals surface area (Å²) in [5, 5.41) is 9.29. The van der Waals surface area contributed by atoms with Crippen LogP contribution in [-0.4, -0.2) is 26.1 Å². The molecule has 86 valence electrons. The molecule has 0 aromatic heterocycles. The first-order chi connectivity index (χ1) is 6.12. The number of rotatable bonds is 4. The van der Waals surface area contributed by atoms with E-state index in [1.807, 2.05) is 6.92 Å². The molecule has 0 amide bonds. The summed E-state index contributed by atoms with van der Waals surface area (Å²) in [5.41, 5.74) is 0. The molecule has 3 heteroatoms. The molecule has 0 aromatic rings. The molecule has 0 aliphatic heterocycles. The van der Waals surface area contributed by atoms with Crippen LogP contribution in [0.15, 0.2) is 0 Å². The minimum Gasteiger partial charge on any atom is -0.414 e. The Morgan fingerprint density at radius 3 is 1.93 bits per heavy atom. The first-order valence-electron chi connectivity index (χ1n) is 5.40. The fourth-order valence-corrected chi connectivity index (χ4v) is 2.42. The van der Waals surface area contributed by atoms with Crippen molar-refractivity contribution in [1.82, 2.24) is 0 Å². The maximum absolute atomic E-state index is 9.04. The zero-order valence-corrected chi connectivity index (χ0v) is 11.7. The molecule has 0 aliphatic rings. The highest BCUT2D eigenvalue weighted by Crippen LogP contribution is 2.37. The Bertz CT molecular complexity index is 173. The molecular formula is C11H26O2Si. The SMILES string of the molecule is CC(CO)[C@H](C)O[Si](C)(C)C(C)(C)C. The van der Waals surface area contributed by atoms with Gasteiger partial charge >= 0.3 is 0 Å². The van der Waals surface area contributed by atoms with Gasteiger partial charge in [-0.15, -0.1) is 0 Å². The van der Waals surface area contributed by atoms with Gasteiger partial charge in [-0.3, -0.25) is 0 Å². The van der Waals surface area contributed by atoms with Gasteiger partial charge in [-0.05, 0) is 25.1 Å². The summed E-state index contributed by atoms with van der Waals surface area (Å²) in [6.45, 7) is 15.5. The molecule has 0 bridgehead atoms. The summed E-state index contributed by atoms with van der Waals surface area (Å²) in [7, 11) is -1.66. The van der Waals surface area contributed by atoms with Crippen LogP contribution < -0.4 is 0 Å². The van der Waals surface area contributed by atoms with E-state index in [9.17, 15) is 0 Å². The topological polar surface area (TPSA) is 29.5 Å². The molecule has 0 spiro atoms. The molecule has 14 heavy (non-hydrogen) atoms. The second kappa shape index (κ2) is 4.77. The summed E-state index contributed by atoms with van der Waals surface area (Å²) in [5.74, 6) is 0.226. The average molecular weight is 218 g/mol. The lowest BCUT2D eigenvalue weighted by molar-refractivity contribution is 0.0984. The monoisotopic (exact) mass is 218 g/mol. The van der Waals surface area contributed by atoms with E-state index in [0.29, 0.717) is 0 Å². The van der Waals surface area contributed by atoms with E-state index in [2.05, 4.69) is 40.8 Å². The molecule has 0 fully saturated rings. The van der Waals surface area contributed by atoms with Crippen molar-refractivity contribution in [1.29, 1.82) is 0 Å². The van der Waals surface area contributed by atoms with Crippen LogP contribution in [0.3, 0.4) is 0 Å². The van der Waals surface area contributed by atoms with Gasteiger partial charge in [0.05, 0.1) is 0 Å². The highest BCUT2D eigenvalue weighted by Gasteiger charge is 2.38. The van der Waals surface area contributed by atoms with Crippen LogP contribution in [0.4, 0.5) is 0 Å².